The van der Waals surface area contributed by atoms with Gasteiger partial charge in [0.15, 0.2) is 0 Å². The lowest BCUT2D eigenvalue weighted by Gasteiger charge is -2.20. The molecule has 0 saturated carbocycles. The maximum Gasteiger partial charge on any atom is 0.267 e. The van der Waals surface area contributed by atoms with Gasteiger partial charge in [-0.3, -0.25) is 9.78 Å². The summed E-state index contributed by atoms with van der Waals surface area (Å²) in [7, 11) is -3.51. The molecular formula is C22H24N4O3S2. The molecule has 162 valence electrons. The summed E-state index contributed by atoms with van der Waals surface area (Å²) in [4.78, 5) is 22.2. The number of aromatic nitrogens is 2. The first-order valence-corrected chi connectivity index (χ1v) is 12.5. The fraction of sp³-hybridized carbons (Fsp3) is 0.318. The first-order chi connectivity index (χ1) is 14.9. The van der Waals surface area contributed by atoms with Crippen LogP contribution in [-0.2, 0) is 10.0 Å². The lowest BCUT2D eigenvalue weighted by Crippen LogP contribution is -2.31. The summed E-state index contributed by atoms with van der Waals surface area (Å²) in [6.07, 6.45) is 5.60. The average Bonchev–Trinajstić information content (AvgIpc) is 2.98. The number of thiazole rings is 1. The quantitative estimate of drug-likeness (QED) is 0.617. The topological polar surface area (TPSA) is 92.3 Å². The zero-order valence-corrected chi connectivity index (χ0v) is 18.9. The molecule has 1 N–H and O–H groups in total. The van der Waals surface area contributed by atoms with E-state index in [0.29, 0.717) is 34.4 Å². The number of rotatable bonds is 5. The molecule has 0 unspecified atom stereocenters. The molecule has 4 rings (SSSR count). The van der Waals surface area contributed by atoms with Gasteiger partial charge in [0.2, 0.25) is 10.0 Å². The van der Waals surface area contributed by atoms with Gasteiger partial charge >= 0.3 is 0 Å². The number of hydrogen-bond acceptors (Lipinski definition) is 6. The fourth-order valence-corrected chi connectivity index (χ4v) is 5.99. The van der Waals surface area contributed by atoms with Crippen LogP contribution in [0.25, 0.3) is 10.7 Å². The highest BCUT2D eigenvalue weighted by Crippen LogP contribution is 2.27. The highest BCUT2D eigenvalue weighted by Gasteiger charge is 2.25. The van der Waals surface area contributed by atoms with Gasteiger partial charge in [0.1, 0.15) is 9.88 Å². The van der Waals surface area contributed by atoms with Crippen molar-refractivity contribution in [1.82, 2.24) is 14.3 Å². The Kier molecular flexibility index (Phi) is 6.45. The van der Waals surface area contributed by atoms with Crippen LogP contribution < -0.4 is 5.32 Å². The molecule has 2 aromatic heterocycles. The Bertz CT molecular complexity index is 1150. The zero-order valence-electron chi connectivity index (χ0n) is 17.2. The summed E-state index contributed by atoms with van der Waals surface area (Å²) in [5.41, 5.74) is 1.88. The van der Waals surface area contributed by atoms with Gasteiger partial charge in [-0.05, 0) is 56.2 Å². The Balaban J connectivity index is 1.48. The molecule has 31 heavy (non-hydrogen) atoms. The van der Waals surface area contributed by atoms with Crippen molar-refractivity contribution in [3.63, 3.8) is 0 Å². The number of carbonyl (C=O) groups excluding carboxylic acids is 1. The molecule has 0 spiro atoms. The summed E-state index contributed by atoms with van der Waals surface area (Å²) < 4.78 is 27.4. The molecule has 0 atom stereocenters. The zero-order chi connectivity index (χ0) is 21.8. The van der Waals surface area contributed by atoms with Crippen LogP contribution in [0.15, 0.2) is 53.6 Å². The van der Waals surface area contributed by atoms with Crippen molar-refractivity contribution in [3.8, 4) is 10.7 Å². The molecule has 1 amide bonds. The highest BCUT2D eigenvalue weighted by atomic mass is 32.2. The molecule has 3 aromatic rings. The van der Waals surface area contributed by atoms with Crippen LogP contribution in [0, 0.1) is 6.92 Å². The Morgan fingerprint density at radius 2 is 1.74 bits per heavy atom. The second-order valence-electron chi connectivity index (χ2n) is 7.45. The first-order valence-electron chi connectivity index (χ1n) is 10.3. The van der Waals surface area contributed by atoms with Crippen LogP contribution in [0.4, 0.5) is 5.69 Å². The molecule has 1 aliphatic rings. The van der Waals surface area contributed by atoms with Crippen molar-refractivity contribution in [2.75, 3.05) is 18.4 Å². The lowest BCUT2D eigenvalue weighted by atomic mass is 10.2. The number of benzene rings is 1. The summed E-state index contributed by atoms with van der Waals surface area (Å²) in [5.74, 6) is -0.277. The van der Waals surface area contributed by atoms with Gasteiger partial charge in [0.05, 0.1) is 16.3 Å². The van der Waals surface area contributed by atoms with Crippen LogP contribution in [0.2, 0.25) is 0 Å². The van der Waals surface area contributed by atoms with E-state index in [4.69, 9.17) is 0 Å². The molecule has 3 heterocycles. The lowest BCUT2D eigenvalue weighted by molar-refractivity contribution is 0.103. The molecule has 1 aliphatic heterocycles. The average molecular weight is 457 g/mol. The number of amides is 1. The van der Waals surface area contributed by atoms with E-state index < -0.39 is 10.0 Å². The SMILES string of the molecule is Cc1nc(-c2ccccn2)sc1C(=O)Nc1ccc(S(=O)(=O)N2CCCCCC2)cc1. The molecule has 1 saturated heterocycles. The molecule has 1 aromatic carbocycles. The van der Waals surface area contributed by atoms with E-state index in [0.717, 1.165) is 31.4 Å². The minimum atomic E-state index is -3.51. The summed E-state index contributed by atoms with van der Waals surface area (Å²) in [5, 5.41) is 3.52. The van der Waals surface area contributed by atoms with Crippen LogP contribution >= 0.6 is 11.3 Å². The number of anilines is 1. The number of hydrogen-bond donors (Lipinski definition) is 1. The van der Waals surface area contributed by atoms with Crippen molar-refractivity contribution in [3.05, 3.63) is 59.2 Å². The molecule has 7 nitrogen and oxygen atoms in total. The third kappa shape index (κ3) is 4.84. The highest BCUT2D eigenvalue weighted by molar-refractivity contribution is 7.89. The smallest absolute Gasteiger partial charge is 0.267 e. The minimum absolute atomic E-state index is 0.249. The Morgan fingerprint density at radius 3 is 2.39 bits per heavy atom. The first kappa shape index (κ1) is 21.6. The van der Waals surface area contributed by atoms with Crippen molar-refractivity contribution >= 4 is 33.0 Å². The van der Waals surface area contributed by atoms with Crippen molar-refractivity contribution < 1.29 is 13.2 Å². The third-order valence-corrected chi connectivity index (χ3v) is 8.29. The molecule has 0 aliphatic carbocycles. The monoisotopic (exact) mass is 456 g/mol. The van der Waals surface area contributed by atoms with Gasteiger partial charge < -0.3 is 5.32 Å². The van der Waals surface area contributed by atoms with Gasteiger partial charge in [-0.1, -0.05) is 18.9 Å². The van der Waals surface area contributed by atoms with Crippen molar-refractivity contribution in [1.29, 1.82) is 0 Å². The summed E-state index contributed by atoms with van der Waals surface area (Å²) in [6.45, 7) is 2.91. The second kappa shape index (κ2) is 9.25. The third-order valence-electron chi connectivity index (χ3n) is 5.20. The molecule has 1 fully saturated rings. The molecule has 9 heteroatoms. The van der Waals surface area contributed by atoms with E-state index in [1.165, 1.54) is 11.3 Å². The maximum absolute atomic E-state index is 12.9. The van der Waals surface area contributed by atoms with E-state index in [1.54, 1.807) is 41.7 Å². The van der Waals surface area contributed by atoms with Crippen molar-refractivity contribution in [2.24, 2.45) is 0 Å². The Hall–Kier alpha value is -2.62. The van der Waals surface area contributed by atoms with Gasteiger partial charge in [0, 0.05) is 25.0 Å². The predicted octanol–water partition coefficient (Wildman–Crippen LogP) is 4.33. The summed E-state index contributed by atoms with van der Waals surface area (Å²) in [6, 6.07) is 11.9. The van der Waals surface area contributed by atoms with E-state index in [-0.39, 0.29) is 10.8 Å². The van der Waals surface area contributed by atoms with Gasteiger partial charge in [-0.15, -0.1) is 11.3 Å². The van der Waals surface area contributed by atoms with Crippen LogP contribution in [-0.4, -0.2) is 41.7 Å². The second-order valence-corrected chi connectivity index (χ2v) is 10.4. The molecule has 0 radical (unpaired) electrons. The number of nitrogens with zero attached hydrogens (tertiary/aromatic N) is 3. The van der Waals surface area contributed by atoms with Crippen LogP contribution in [0.1, 0.15) is 41.0 Å². The normalized spacial score (nSPS) is 15.4. The van der Waals surface area contributed by atoms with E-state index in [9.17, 15) is 13.2 Å². The number of carbonyl (C=O) groups is 1. The number of aryl methyl sites for hydroxylation is 1. The molecule has 0 bridgehead atoms. The molecular weight excluding hydrogens is 432 g/mol. The number of sulfonamides is 1. The Labute approximate surface area is 186 Å². The van der Waals surface area contributed by atoms with E-state index in [2.05, 4.69) is 15.3 Å². The van der Waals surface area contributed by atoms with E-state index in [1.807, 2.05) is 18.2 Å². The van der Waals surface area contributed by atoms with Gasteiger partial charge in [-0.25, -0.2) is 13.4 Å². The van der Waals surface area contributed by atoms with Gasteiger partial charge in [-0.2, -0.15) is 4.31 Å². The standard InChI is InChI=1S/C22H24N4O3S2/c1-16-20(30-22(24-16)19-8-4-5-13-23-19)21(27)25-17-9-11-18(12-10-17)31(28,29)26-14-6-2-3-7-15-26/h4-5,8-13H,2-3,6-7,14-15H2,1H3,(H,25,27). The largest absolute Gasteiger partial charge is 0.321 e. The summed E-state index contributed by atoms with van der Waals surface area (Å²) >= 11 is 1.28. The van der Waals surface area contributed by atoms with Crippen LogP contribution in [0.3, 0.4) is 0 Å². The predicted molar refractivity (Wildman–Crippen MR) is 122 cm³/mol. The number of nitrogens with one attached hydrogen (secondary N) is 1. The van der Waals surface area contributed by atoms with Crippen LogP contribution in [0.5, 0.6) is 0 Å². The van der Waals surface area contributed by atoms with Crippen molar-refractivity contribution in [2.45, 2.75) is 37.5 Å². The Morgan fingerprint density at radius 1 is 1.03 bits per heavy atom. The number of pyridine rings is 1. The van der Waals surface area contributed by atoms with Gasteiger partial charge in [0.25, 0.3) is 5.91 Å². The fourth-order valence-electron chi connectivity index (χ4n) is 3.54. The minimum Gasteiger partial charge on any atom is -0.321 e. The van der Waals surface area contributed by atoms with E-state index >= 15 is 0 Å². The maximum atomic E-state index is 12.9.